The van der Waals surface area contributed by atoms with Gasteiger partial charge in [-0.1, -0.05) is 11.3 Å². The number of amides is 1. The van der Waals surface area contributed by atoms with Gasteiger partial charge in [-0.15, -0.1) is 17.5 Å². The number of hydrogen-bond donors (Lipinski definition) is 2. The van der Waals surface area contributed by atoms with Gasteiger partial charge in [0.1, 0.15) is 0 Å². The van der Waals surface area contributed by atoms with E-state index in [-0.39, 0.29) is 35.7 Å². The first-order valence-corrected chi connectivity index (χ1v) is 7.55. The van der Waals surface area contributed by atoms with Gasteiger partial charge in [0, 0.05) is 6.04 Å². The van der Waals surface area contributed by atoms with Crippen molar-refractivity contribution >= 4 is 18.3 Å². The van der Waals surface area contributed by atoms with Gasteiger partial charge in [-0.05, 0) is 44.1 Å². The van der Waals surface area contributed by atoms with Crippen LogP contribution in [0.1, 0.15) is 28.9 Å². The van der Waals surface area contributed by atoms with Crippen molar-refractivity contribution in [3.05, 3.63) is 41.7 Å². The van der Waals surface area contributed by atoms with E-state index in [9.17, 15) is 18.0 Å². The predicted octanol–water partition coefficient (Wildman–Crippen LogP) is 2.19. The predicted molar refractivity (Wildman–Crippen MR) is 87.0 cm³/mol. The Bertz CT molecular complexity index is 728. The Hall–Kier alpha value is -2.13. The second-order valence-corrected chi connectivity index (χ2v) is 5.59. The Morgan fingerprint density at radius 1 is 1.28 bits per heavy atom. The van der Waals surface area contributed by atoms with Crippen molar-refractivity contribution in [2.45, 2.75) is 25.1 Å². The minimum Gasteiger partial charge on any atom is -0.348 e. The molecule has 0 bridgehead atoms. The van der Waals surface area contributed by atoms with Crippen LogP contribution in [0.3, 0.4) is 0 Å². The summed E-state index contributed by atoms with van der Waals surface area (Å²) >= 11 is 0. The maximum atomic E-state index is 12.8. The van der Waals surface area contributed by atoms with Gasteiger partial charge in [-0.25, -0.2) is 4.68 Å². The average molecular weight is 376 g/mol. The molecule has 0 atom stereocenters. The molecule has 0 saturated carbocycles. The minimum atomic E-state index is -4.44. The molecule has 6 nitrogen and oxygen atoms in total. The number of hydrogen-bond acceptors (Lipinski definition) is 4. The summed E-state index contributed by atoms with van der Waals surface area (Å²) in [6, 6.07) is 4.76. The summed E-state index contributed by atoms with van der Waals surface area (Å²) in [6.45, 7) is 1.67. The molecular formula is C15H17ClF3N5O. The van der Waals surface area contributed by atoms with Gasteiger partial charge in [0.15, 0.2) is 5.69 Å². The van der Waals surface area contributed by atoms with Crippen LogP contribution in [0.2, 0.25) is 0 Å². The number of carbonyl (C=O) groups is 1. The Balaban J connectivity index is 0.00000225. The van der Waals surface area contributed by atoms with Gasteiger partial charge in [-0.2, -0.15) is 13.2 Å². The summed E-state index contributed by atoms with van der Waals surface area (Å²) in [5, 5.41) is 13.6. The van der Waals surface area contributed by atoms with E-state index < -0.39 is 11.7 Å². The molecule has 3 rings (SSSR count). The molecule has 1 aromatic heterocycles. The van der Waals surface area contributed by atoms with Gasteiger partial charge in [0.05, 0.1) is 17.4 Å². The largest absolute Gasteiger partial charge is 0.416 e. The summed E-state index contributed by atoms with van der Waals surface area (Å²) in [5.41, 5.74) is -0.514. The van der Waals surface area contributed by atoms with Crippen LogP contribution < -0.4 is 10.6 Å². The molecule has 1 aliphatic heterocycles. The Kier molecular flexibility index (Phi) is 6.02. The lowest BCUT2D eigenvalue weighted by Crippen LogP contribution is -2.42. The lowest BCUT2D eigenvalue weighted by Gasteiger charge is -2.23. The third-order valence-electron chi connectivity index (χ3n) is 3.84. The van der Waals surface area contributed by atoms with Crippen molar-refractivity contribution in [3.63, 3.8) is 0 Å². The molecular weight excluding hydrogens is 359 g/mol. The highest BCUT2D eigenvalue weighted by Crippen LogP contribution is 2.30. The SMILES string of the molecule is Cl.O=C(NC1CCNCC1)c1cn(-c2cccc(C(F)(F)F)c2)nn1. The highest BCUT2D eigenvalue weighted by molar-refractivity contribution is 5.92. The topological polar surface area (TPSA) is 71.8 Å². The van der Waals surface area contributed by atoms with Gasteiger partial charge in [0.25, 0.3) is 5.91 Å². The Labute approximate surface area is 148 Å². The molecule has 0 radical (unpaired) electrons. The van der Waals surface area contributed by atoms with E-state index in [1.165, 1.54) is 18.3 Å². The second-order valence-electron chi connectivity index (χ2n) is 5.59. The minimum absolute atomic E-state index is 0. The van der Waals surface area contributed by atoms with E-state index in [0.29, 0.717) is 0 Å². The molecule has 1 aliphatic rings. The number of nitrogens with one attached hydrogen (secondary N) is 2. The summed E-state index contributed by atoms with van der Waals surface area (Å²) in [5.74, 6) is -0.375. The molecule has 1 fully saturated rings. The third kappa shape index (κ3) is 4.70. The van der Waals surface area contributed by atoms with E-state index in [2.05, 4.69) is 20.9 Å². The van der Waals surface area contributed by atoms with Gasteiger partial charge in [0.2, 0.25) is 0 Å². The normalized spacial score (nSPS) is 15.5. The maximum Gasteiger partial charge on any atom is 0.416 e. The van der Waals surface area contributed by atoms with E-state index in [1.807, 2.05) is 0 Å². The lowest BCUT2D eigenvalue weighted by molar-refractivity contribution is -0.137. The van der Waals surface area contributed by atoms with Crippen molar-refractivity contribution in [3.8, 4) is 5.69 Å². The van der Waals surface area contributed by atoms with Crippen LogP contribution in [-0.4, -0.2) is 40.0 Å². The van der Waals surface area contributed by atoms with Gasteiger partial charge in [-0.3, -0.25) is 4.79 Å². The van der Waals surface area contributed by atoms with E-state index in [1.54, 1.807) is 0 Å². The molecule has 1 amide bonds. The quantitative estimate of drug-likeness (QED) is 0.862. The third-order valence-corrected chi connectivity index (χ3v) is 3.84. The van der Waals surface area contributed by atoms with Crippen molar-refractivity contribution in [2.24, 2.45) is 0 Å². The monoisotopic (exact) mass is 375 g/mol. The summed E-state index contributed by atoms with van der Waals surface area (Å²) in [7, 11) is 0. The zero-order valence-corrected chi connectivity index (χ0v) is 13.9. The Morgan fingerprint density at radius 3 is 2.68 bits per heavy atom. The smallest absolute Gasteiger partial charge is 0.348 e. The van der Waals surface area contributed by atoms with E-state index in [0.717, 1.165) is 42.7 Å². The number of nitrogens with zero attached hydrogens (tertiary/aromatic N) is 3. The zero-order valence-electron chi connectivity index (χ0n) is 13.1. The molecule has 10 heteroatoms. The Morgan fingerprint density at radius 2 is 2.00 bits per heavy atom. The van der Waals surface area contributed by atoms with E-state index >= 15 is 0 Å². The number of rotatable bonds is 3. The van der Waals surface area contributed by atoms with Crippen LogP contribution >= 0.6 is 12.4 Å². The van der Waals surface area contributed by atoms with Crippen LogP contribution in [0.4, 0.5) is 13.2 Å². The fourth-order valence-electron chi connectivity index (χ4n) is 2.54. The molecule has 1 aromatic carbocycles. The standard InChI is InChI=1S/C15H16F3N5O.ClH/c16-15(17,18)10-2-1-3-12(8-10)23-9-13(21-22-23)14(24)20-11-4-6-19-7-5-11;/h1-3,8-9,11,19H,4-7H2,(H,20,24);1H. The van der Waals surface area contributed by atoms with Crippen molar-refractivity contribution < 1.29 is 18.0 Å². The van der Waals surface area contributed by atoms with E-state index in [4.69, 9.17) is 0 Å². The average Bonchev–Trinajstić information content (AvgIpc) is 3.05. The van der Waals surface area contributed by atoms with Crippen molar-refractivity contribution in [2.75, 3.05) is 13.1 Å². The molecule has 136 valence electrons. The zero-order chi connectivity index (χ0) is 17.2. The highest BCUT2D eigenvalue weighted by atomic mass is 35.5. The van der Waals surface area contributed by atoms with Crippen LogP contribution in [0.25, 0.3) is 5.69 Å². The summed E-state index contributed by atoms with van der Waals surface area (Å²) in [4.78, 5) is 12.2. The number of piperidine rings is 1. The first-order chi connectivity index (χ1) is 11.4. The second kappa shape index (κ2) is 7.83. The van der Waals surface area contributed by atoms with Gasteiger partial charge < -0.3 is 10.6 Å². The molecule has 1 saturated heterocycles. The number of alkyl halides is 3. The van der Waals surface area contributed by atoms with Crippen LogP contribution in [0, 0.1) is 0 Å². The fourth-order valence-corrected chi connectivity index (χ4v) is 2.54. The molecule has 2 aromatic rings. The van der Waals surface area contributed by atoms with Crippen molar-refractivity contribution in [1.82, 2.24) is 25.6 Å². The van der Waals surface area contributed by atoms with Crippen LogP contribution in [-0.2, 0) is 6.18 Å². The molecule has 0 spiro atoms. The number of aromatic nitrogens is 3. The first kappa shape index (κ1) is 19.2. The molecule has 0 unspecified atom stereocenters. The lowest BCUT2D eigenvalue weighted by atomic mass is 10.1. The van der Waals surface area contributed by atoms with Crippen molar-refractivity contribution in [1.29, 1.82) is 0 Å². The maximum absolute atomic E-state index is 12.8. The first-order valence-electron chi connectivity index (χ1n) is 7.55. The number of benzene rings is 1. The number of carbonyl (C=O) groups excluding carboxylic acids is 1. The number of halogens is 4. The van der Waals surface area contributed by atoms with Gasteiger partial charge >= 0.3 is 6.18 Å². The fraction of sp³-hybridized carbons (Fsp3) is 0.400. The molecule has 25 heavy (non-hydrogen) atoms. The summed E-state index contributed by atoms with van der Waals surface area (Å²) in [6.07, 6.45) is -1.46. The van der Waals surface area contributed by atoms with Crippen LogP contribution in [0.5, 0.6) is 0 Å². The molecule has 0 aliphatic carbocycles. The molecule has 2 N–H and O–H groups in total. The highest BCUT2D eigenvalue weighted by Gasteiger charge is 2.30. The summed E-state index contributed by atoms with van der Waals surface area (Å²) < 4.78 is 39.4. The van der Waals surface area contributed by atoms with Crippen LogP contribution in [0.15, 0.2) is 30.5 Å². The molecule has 2 heterocycles.